The van der Waals surface area contributed by atoms with Crippen LogP contribution in [0.4, 0.5) is 24.5 Å². The predicted octanol–water partition coefficient (Wildman–Crippen LogP) is 2.72. The van der Waals surface area contributed by atoms with E-state index >= 15 is 0 Å². The number of hydrogen-bond acceptors (Lipinski definition) is 3. The van der Waals surface area contributed by atoms with Crippen LogP contribution in [0.2, 0.25) is 0 Å². The van der Waals surface area contributed by atoms with Crippen molar-refractivity contribution < 1.29 is 23.1 Å². The third-order valence-electron chi connectivity index (χ3n) is 2.21. The fraction of sp³-hybridized carbons (Fsp3) is 0.364. The Morgan fingerprint density at radius 1 is 1.50 bits per heavy atom. The molecule has 4 nitrogen and oxygen atoms in total. The van der Waals surface area contributed by atoms with Crippen molar-refractivity contribution in [3.8, 4) is 0 Å². The minimum Gasteiger partial charge on any atom is -0.478 e. The lowest BCUT2D eigenvalue weighted by atomic mass is 10.1. The number of carbonyl (C=O) groups is 1. The van der Waals surface area contributed by atoms with E-state index in [9.17, 15) is 18.0 Å². The molecule has 0 aliphatic rings. The fourth-order valence-corrected chi connectivity index (χ4v) is 1.53. The van der Waals surface area contributed by atoms with E-state index in [0.717, 1.165) is 0 Å². The van der Waals surface area contributed by atoms with E-state index in [-0.39, 0.29) is 16.9 Å². The van der Waals surface area contributed by atoms with Crippen molar-refractivity contribution in [2.75, 3.05) is 11.1 Å². The van der Waals surface area contributed by atoms with E-state index in [0.29, 0.717) is 0 Å². The normalized spacial score (nSPS) is 13.1. The zero-order valence-corrected chi connectivity index (χ0v) is 9.58. The molecule has 4 N–H and O–H groups in total. The van der Waals surface area contributed by atoms with Crippen LogP contribution < -0.4 is 11.1 Å². The number of rotatable bonds is 4. The Balaban J connectivity index is 2.87. The van der Waals surface area contributed by atoms with Crippen molar-refractivity contribution in [3.05, 3.63) is 23.8 Å². The van der Waals surface area contributed by atoms with Gasteiger partial charge in [0.05, 0.1) is 12.0 Å². The fourth-order valence-electron chi connectivity index (χ4n) is 1.53. The Morgan fingerprint density at radius 3 is 2.61 bits per heavy atom. The molecule has 0 saturated carbocycles. The molecule has 0 fully saturated rings. The summed E-state index contributed by atoms with van der Waals surface area (Å²) in [6, 6.07) is 3.05. The lowest BCUT2D eigenvalue weighted by Crippen LogP contribution is -2.24. The van der Waals surface area contributed by atoms with Gasteiger partial charge in [0.1, 0.15) is 0 Å². The van der Waals surface area contributed by atoms with Gasteiger partial charge in [-0.15, -0.1) is 0 Å². The van der Waals surface area contributed by atoms with E-state index in [1.54, 1.807) is 0 Å². The maximum atomic E-state index is 12.2. The third kappa shape index (κ3) is 4.15. The highest BCUT2D eigenvalue weighted by atomic mass is 19.4. The Bertz CT molecular complexity index is 446. The van der Waals surface area contributed by atoms with Crippen LogP contribution in [0.1, 0.15) is 23.7 Å². The number of halogens is 3. The maximum Gasteiger partial charge on any atom is 0.391 e. The molecule has 0 bridgehead atoms. The number of carboxylic acid groups (broad SMARTS) is 1. The lowest BCUT2D eigenvalue weighted by Gasteiger charge is -2.18. The first-order valence-corrected chi connectivity index (χ1v) is 5.15. The summed E-state index contributed by atoms with van der Waals surface area (Å²) < 4.78 is 36.5. The predicted molar refractivity (Wildman–Crippen MR) is 61.6 cm³/mol. The summed E-state index contributed by atoms with van der Waals surface area (Å²) in [6.07, 6.45) is -5.35. The van der Waals surface area contributed by atoms with Crippen molar-refractivity contribution >= 4 is 17.3 Å². The van der Waals surface area contributed by atoms with Crippen molar-refractivity contribution in [3.63, 3.8) is 0 Å². The van der Waals surface area contributed by atoms with Gasteiger partial charge in [0, 0.05) is 17.4 Å². The van der Waals surface area contributed by atoms with Crippen LogP contribution >= 0.6 is 0 Å². The molecule has 0 saturated heterocycles. The van der Waals surface area contributed by atoms with Gasteiger partial charge in [-0.2, -0.15) is 13.2 Å². The molecule has 18 heavy (non-hydrogen) atoms. The molecule has 100 valence electrons. The van der Waals surface area contributed by atoms with Crippen molar-refractivity contribution in [2.24, 2.45) is 0 Å². The second-order valence-electron chi connectivity index (χ2n) is 3.97. The Labute approximate surface area is 102 Å². The summed E-state index contributed by atoms with van der Waals surface area (Å²) in [6.45, 7) is 1.33. The average Bonchev–Trinajstić information content (AvgIpc) is 2.17. The largest absolute Gasteiger partial charge is 0.478 e. The Kier molecular flexibility index (Phi) is 4.05. The van der Waals surface area contributed by atoms with E-state index in [1.165, 1.54) is 25.1 Å². The van der Waals surface area contributed by atoms with Gasteiger partial charge in [0.15, 0.2) is 0 Å². The first kappa shape index (κ1) is 14.1. The smallest absolute Gasteiger partial charge is 0.391 e. The lowest BCUT2D eigenvalue weighted by molar-refractivity contribution is -0.136. The van der Waals surface area contributed by atoms with Gasteiger partial charge in [0.25, 0.3) is 0 Å². The molecule has 0 aliphatic carbocycles. The number of nitrogen functional groups attached to an aromatic ring is 1. The molecule has 7 heteroatoms. The topological polar surface area (TPSA) is 75.3 Å². The molecule has 1 rings (SSSR count). The van der Waals surface area contributed by atoms with Crippen LogP contribution in [-0.4, -0.2) is 23.3 Å². The van der Waals surface area contributed by atoms with E-state index in [4.69, 9.17) is 10.8 Å². The highest BCUT2D eigenvalue weighted by Crippen LogP contribution is 2.25. The first-order valence-electron chi connectivity index (χ1n) is 5.15. The highest BCUT2D eigenvalue weighted by Gasteiger charge is 2.30. The summed E-state index contributed by atoms with van der Waals surface area (Å²) in [5.74, 6) is -1.25. The monoisotopic (exact) mass is 262 g/mol. The standard InChI is InChI=1S/C11H13F3N2O2/c1-6(5-11(12,13)14)16-9-3-2-7(15)4-8(9)10(17)18/h2-4,6,16H,5,15H2,1H3,(H,17,18). The van der Waals surface area contributed by atoms with E-state index in [2.05, 4.69) is 5.32 Å². The zero-order valence-electron chi connectivity index (χ0n) is 9.58. The zero-order chi connectivity index (χ0) is 13.9. The number of aromatic carboxylic acids is 1. The molecule has 0 aliphatic heterocycles. The van der Waals surface area contributed by atoms with E-state index < -0.39 is 24.6 Å². The van der Waals surface area contributed by atoms with Crippen molar-refractivity contribution in [1.82, 2.24) is 0 Å². The Hall–Kier alpha value is -1.92. The number of alkyl halides is 3. The summed E-state index contributed by atoms with van der Waals surface area (Å²) in [4.78, 5) is 10.9. The van der Waals surface area contributed by atoms with Crippen LogP contribution in [0, 0.1) is 0 Å². The van der Waals surface area contributed by atoms with E-state index in [1.807, 2.05) is 0 Å². The number of carboxylic acids is 1. The van der Waals surface area contributed by atoms with Crippen LogP contribution in [0.15, 0.2) is 18.2 Å². The molecular formula is C11H13F3N2O2. The van der Waals surface area contributed by atoms with Gasteiger partial charge in [-0.05, 0) is 25.1 Å². The van der Waals surface area contributed by atoms with Gasteiger partial charge in [-0.25, -0.2) is 4.79 Å². The van der Waals surface area contributed by atoms with Gasteiger partial charge >= 0.3 is 12.1 Å². The molecule has 0 radical (unpaired) electrons. The quantitative estimate of drug-likeness (QED) is 0.729. The van der Waals surface area contributed by atoms with Crippen LogP contribution in [0.5, 0.6) is 0 Å². The first-order chi connectivity index (χ1) is 8.19. The second kappa shape index (κ2) is 5.16. The molecule has 1 atom stereocenters. The second-order valence-corrected chi connectivity index (χ2v) is 3.97. The molecule has 0 spiro atoms. The highest BCUT2D eigenvalue weighted by molar-refractivity contribution is 5.95. The van der Waals surface area contributed by atoms with Gasteiger partial charge in [-0.1, -0.05) is 0 Å². The molecule has 1 aromatic rings. The van der Waals surface area contributed by atoms with Gasteiger partial charge in [-0.3, -0.25) is 0 Å². The maximum absolute atomic E-state index is 12.2. The number of benzene rings is 1. The molecular weight excluding hydrogens is 249 g/mol. The van der Waals surface area contributed by atoms with Crippen LogP contribution in [0.25, 0.3) is 0 Å². The minimum absolute atomic E-state index is 0.119. The third-order valence-corrected chi connectivity index (χ3v) is 2.21. The number of anilines is 2. The Morgan fingerprint density at radius 2 is 2.11 bits per heavy atom. The minimum atomic E-state index is -4.30. The average molecular weight is 262 g/mol. The van der Waals surface area contributed by atoms with Crippen LogP contribution in [-0.2, 0) is 0 Å². The number of nitrogens with two attached hydrogens (primary N) is 1. The molecule has 1 aromatic carbocycles. The van der Waals surface area contributed by atoms with Gasteiger partial charge < -0.3 is 16.2 Å². The molecule has 0 heterocycles. The number of nitrogens with one attached hydrogen (secondary N) is 1. The SMILES string of the molecule is CC(CC(F)(F)F)Nc1ccc(N)cc1C(=O)O. The number of hydrogen-bond donors (Lipinski definition) is 3. The molecule has 0 amide bonds. The summed E-state index contributed by atoms with van der Waals surface area (Å²) >= 11 is 0. The summed E-state index contributed by atoms with van der Waals surface area (Å²) in [5, 5.41) is 11.4. The van der Waals surface area contributed by atoms with Gasteiger partial charge in [0.2, 0.25) is 0 Å². The van der Waals surface area contributed by atoms with Crippen LogP contribution in [0.3, 0.4) is 0 Å². The molecule has 1 unspecified atom stereocenters. The molecule has 0 aromatic heterocycles. The van der Waals surface area contributed by atoms with Crippen molar-refractivity contribution in [2.45, 2.75) is 25.6 Å². The summed E-state index contributed by atoms with van der Waals surface area (Å²) in [5.41, 5.74) is 5.63. The summed E-state index contributed by atoms with van der Waals surface area (Å²) in [7, 11) is 0. The van der Waals surface area contributed by atoms with Crippen molar-refractivity contribution in [1.29, 1.82) is 0 Å².